The van der Waals surface area contributed by atoms with Crippen LogP contribution in [0.3, 0.4) is 0 Å². The van der Waals surface area contributed by atoms with Gasteiger partial charge in [0, 0.05) is 16.1 Å². The zero-order valence-electron chi connectivity index (χ0n) is 12.8. The number of rotatable bonds is 3. The van der Waals surface area contributed by atoms with E-state index in [0.717, 1.165) is 5.39 Å². The molecule has 1 N–H and O–H groups in total. The molecule has 0 saturated heterocycles. The highest BCUT2D eigenvalue weighted by atomic mass is 35.5. The summed E-state index contributed by atoms with van der Waals surface area (Å²) < 4.78 is 6.17. The van der Waals surface area contributed by atoms with Crippen LogP contribution in [-0.2, 0) is 4.74 Å². The van der Waals surface area contributed by atoms with Crippen LogP contribution in [0.2, 0.25) is 5.02 Å². The molecule has 0 spiro atoms. The number of hydrogen-bond acceptors (Lipinski definition) is 4. The Labute approximate surface area is 143 Å². The zero-order valence-corrected chi connectivity index (χ0v) is 13.6. The highest BCUT2D eigenvalue weighted by Gasteiger charge is 2.12. The number of nitrogens with one attached hydrogen (secondary N) is 1. The molecule has 0 aliphatic rings. The van der Waals surface area contributed by atoms with Gasteiger partial charge in [0.15, 0.2) is 0 Å². The molecule has 0 fully saturated rings. The summed E-state index contributed by atoms with van der Waals surface area (Å²) in [7, 11) is 0. The van der Waals surface area contributed by atoms with E-state index in [1.807, 2.05) is 0 Å². The number of amides is 1. The topological polar surface area (TPSA) is 73.2 Å². The smallest absolute Gasteiger partial charge is 0.347 e. The molecule has 2 aromatic carbocycles. The monoisotopic (exact) mass is 343 g/mol. The van der Waals surface area contributed by atoms with Crippen LogP contribution in [0.1, 0.15) is 17.3 Å². The summed E-state index contributed by atoms with van der Waals surface area (Å²) in [6.45, 7) is 2.06. The van der Waals surface area contributed by atoms with Gasteiger partial charge >= 0.3 is 12.0 Å². The Balaban J connectivity index is 1.77. The third kappa shape index (κ3) is 3.23. The van der Waals surface area contributed by atoms with Crippen molar-refractivity contribution in [3.63, 3.8) is 0 Å². The molecule has 1 amide bonds. The van der Waals surface area contributed by atoms with Crippen LogP contribution in [0.5, 0.6) is 0 Å². The fourth-order valence-corrected chi connectivity index (χ4v) is 2.43. The highest BCUT2D eigenvalue weighted by Crippen LogP contribution is 2.19. The van der Waals surface area contributed by atoms with Gasteiger partial charge in [-0.15, -0.1) is 0 Å². The van der Waals surface area contributed by atoms with Crippen LogP contribution in [0.4, 0.5) is 10.5 Å². The van der Waals surface area contributed by atoms with Crippen molar-refractivity contribution in [3.05, 3.63) is 59.2 Å². The van der Waals surface area contributed by atoms with Crippen LogP contribution in [0.25, 0.3) is 10.9 Å². The molecular formula is C17H14ClN3O3. The second-order valence-corrected chi connectivity index (χ2v) is 5.42. The second-order valence-electron chi connectivity index (χ2n) is 4.99. The lowest BCUT2D eigenvalue weighted by atomic mass is 10.2. The van der Waals surface area contributed by atoms with Crippen LogP contribution in [0.15, 0.2) is 48.7 Å². The molecule has 0 aliphatic heterocycles. The van der Waals surface area contributed by atoms with Gasteiger partial charge in [-0.3, -0.25) is 0 Å². The number of nitrogens with zero attached hydrogens (tertiary/aromatic N) is 2. The lowest BCUT2D eigenvalue weighted by molar-refractivity contribution is 0.0526. The van der Waals surface area contributed by atoms with E-state index in [1.165, 1.54) is 4.68 Å². The largest absolute Gasteiger partial charge is 0.462 e. The Morgan fingerprint density at radius 2 is 1.96 bits per heavy atom. The predicted octanol–water partition coefficient (Wildman–Crippen LogP) is 3.95. The lowest BCUT2D eigenvalue weighted by Crippen LogP contribution is -2.20. The molecule has 7 heteroatoms. The molecule has 0 radical (unpaired) electrons. The Morgan fingerprint density at radius 1 is 1.21 bits per heavy atom. The summed E-state index contributed by atoms with van der Waals surface area (Å²) in [6, 6.07) is 11.2. The molecule has 24 heavy (non-hydrogen) atoms. The summed E-state index contributed by atoms with van der Waals surface area (Å²) in [6.07, 6.45) is 1.57. The maximum absolute atomic E-state index is 12.4. The predicted molar refractivity (Wildman–Crippen MR) is 91.6 cm³/mol. The molecule has 1 heterocycles. The molecule has 0 saturated carbocycles. The van der Waals surface area contributed by atoms with Crippen molar-refractivity contribution < 1.29 is 14.3 Å². The molecule has 3 rings (SSSR count). The maximum atomic E-state index is 12.4. The standard InChI is InChI=1S/C17H14ClN3O3/c1-2-24-16(22)11-3-6-14(7-4-11)20-17(23)21-15-8-5-13(18)9-12(15)10-19-21/h3-10H,2H2,1H3,(H,20,23). The first-order chi connectivity index (χ1) is 11.6. The third-order valence-electron chi connectivity index (χ3n) is 3.37. The number of carbonyl (C=O) groups is 2. The summed E-state index contributed by atoms with van der Waals surface area (Å²) in [5, 5.41) is 8.15. The Morgan fingerprint density at radius 3 is 2.67 bits per heavy atom. The summed E-state index contributed by atoms with van der Waals surface area (Å²) in [5.74, 6) is -0.398. The number of halogens is 1. The molecule has 122 valence electrons. The molecular weight excluding hydrogens is 330 g/mol. The van der Waals surface area contributed by atoms with E-state index < -0.39 is 12.0 Å². The molecule has 0 bridgehead atoms. The Bertz CT molecular complexity index is 903. The first kappa shape index (κ1) is 16.0. The van der Waals surface area contributed by atoms with E-state index in [4.69, 9.17) is 16.3 Å². The van der Waals surface area contributed by atoms with Crippen LogP contribution < -0.4 is 5.32 Å². The normalized spacial score (nSPS) is 10.6. The maximum Gasteiger partial charge on any atom is 0.347 e. The van der Waals surface area contributed by atoms with Gasteiger partial charge in [0.2, 0.25) is 0 Å². The third-order valence-corrected chi connectivity index (χ3v) is 3.60. The van der Waals surface area contributed by atoms with E-state index in [1.54, 1.807) is 55.6 Å². The van der Waals surface area contributed by atoms with Gasteiger partial charge in [0.05, 0.1) is 23.9 Å². The summed E-state index contributed by atoms with van der Waals surface area (Å²) in [4.78, 5) is 24.0. The van der Waals surface area contributed by atoms with Crippen LogP contribution in [0, 0.1) is 0 Å². The highest BCUT2D eigenvalue weighted by molar-refractivity contribution is 6.31. The molecule has 0 unspecified atom stereocenters. The van der Waals surface area contributed by atoms with Crippen molar-refractivity contribution in [1.82, 2.24) is 9.78 Å². The fourth-order valence-electron chi connectivity index (χ4n) is 2.25. The van der Waals surface area contributed by atoms with Gasteiger partial charge in [-0.05, 0) is 49.4 Å². The number of esters is 1. The van der Waals surface area contributed by atoms with Crippen molar-refractivity contribution in [2.45, 2.75) is 6.92 Å². The first-order valence-corrected chi connectivity index (χ1v) is 7.68. The molecule has 6 nitrogen and oxygen atoms in total. The number of aromatic nitrogens is 2. The number of anilines is 1. The zero-order chi connectivity index (χ0) is 17.1. The average molecular weight is 344 g/mol. The SMILES string of the molecule is CCOC(=O)c1ccc(NC(=O)n2ncc3cc(Cl)ccc32)cc1. The molecule has 1 aromatic heterocycles. The van der Waals surface area contributed by atoms with E-state index in [-0.39, 0.29) is 0 Å². The summed E-state index contributed by atoms with van der Waals surface area (Å²) in [5.41, 5.74) is 1.62. The van der Waals surface area contributed by atoms with E-state index in [9.17, 15) is 9.59 Å². The van der Waals surface area contributed by atoms with Gasteiger partial charge in [-0.2, -0.15) is 9.78 Å². The minimum Gasteiger partial charge on any atom is -0.462 e. The Kier molecular flexibility index (Phi) is 4.48. The van der Waals surface area contributed by atoms with Crippen LogP contribution in [-0.4, -0.2) is 28.4 Å². The van der Waals surface area contributed by atoms with Gasteiger partial charge in [-0.1, -0.05) is 11.6 Å². The van der Waals surface area contributed by atoms with Crippen molar-refractivity contribution in [2.24, 2.45) is 0 Å². The van der Waals surface area contributed by atoms with E-state index in [0.29, 0.717) is 28.4 Å². The quantitative estimate of drug-likeness (QED) is 0.731. The van der Waals surface area contributed by atoms with E-state index >= 15 is 0 Å². The molecule has 0 atom stereocenters. The number of ether oxygens (including phenoxy) is 1. The van der Waals surface area contributed by atoms with Crippen molar-refractivity contribution >= 4 is 40.2 Å². The van der Waals surface area contributed by atoms with Gasteiger partial charge in [-0.25, -0.2) is 9.59 Å². The molecule has 0 aliphatic carbocycles. The first-order valence-electron chi connectivity index (χ1n) is 7.30. The number of benzene rings is 2. The minimum atomic E-state index is -0.406. The number of fused-ring (bicyclic) bond motifs is 1. The van der Waals surface area contributed by atoms with Crippen molar-refractivity contribution in [2.75, 3.05) is 11.9 Å². The minimum absolute atomic E-state index is 0.313. The number of carbonyl (C=O) groups excluding carboxylic acids is 2. The van der Waals surface area contributed by atoms with E-state index in [2.05, 4.69) is 10.4 Å². The van der Waals surface area contributed by atoms with Crippen molar-refractivity contribution in [3.8, 4) is 0 Å². The van der Waals surface area contributed by atoms with Gasteiger partial charge in [0.25, 0.3) is 0 Å². The molecule has 3 aromatic rings. The Hall–Kier alpha value is -2.86. The lowest BCUT2D eigenvalue weighted by Gasteiger charge is -2.07. The summed E-state index contributed by atoms with van der Waals surface area (Å²) >= 11 is 5.92. The van der Waals surface area contributed by atoms with Gasteiger partial charge in [0.1, 0.15) is 0 Å². The second kappa shape index (κ2) is 6.72. The number of hydrogen-bond donors (Lipinski definition) is 1. The van der Waals surface area contributed by atoms with Crippen LogP contribution >= 0.6 is 11.6 Å². The van der Waals surface area contributed by atoms with Gasteiger partial charge < -0.3 is 10.1 Å². The average Bonchev–Trinajstić information content (AvgIpc) is 2.98. The fraction of sp³-hybridized carbons (Fsp3) is 0.118. The van der Waals surface area contributed by atoms with Crippen molar-refractivity contribution in [1.29, 1.82) is 0 Å².